The molecule has 0 aliphatic heterocycles. The summed E-state index contributed by atoms with van der Waals surface area (Å²) in [5, 5.41) is 0.664. The van der Waals surface area contributed by atoms with Crippen molar-refractivity contribution in [3.05, 3.63) is 28.8 Å². The van der Waals surface area contributed by atoms with Crippen LogP contribution in [0.1, 0.15) is 24.8 Å². The standard InChI is InChI=1S/C13H15ClO/c1-3-4-5-6-9-15-13-10-11(2)7-8-12(13)14/h1,7-8,10H,4-6,9H2,2H3. The second kappa shape index (κ2) is 6.37. The highest BCUT2D eigenvalue weighted by Crippen LogP contribution is 2.25. The van der Waals surface area contributed by atoms with Gasteiger partial charge >= 0.3 is 0 Å². The van der Waals surface area contributed by atoms with E-state index in [0.29, 0.717) is 11.6 Å². The summed E-state index contributed by atoms with van der Waals surface area (Å²) in [5.41, 5.74) is 1.15. The van der Waals surface area contributed by atoms with Gasteiger partial charge in [-0.25, -0.2) is 0 Å². The van der Waals surface area contributed by atoms with Crippen LogP contribution in [0.25, 0.3) is 0 Å². The van der Waals surface area contributed by atoms with Crippen LogP contribution in [0.5, 0.6) is 5.75 Å². The fourth-order valence-electron chi connectivity index (χ4n) is 1.23. The molecule has 0 amide bonds. The zero-order chi connectivity index (χ0) is 11.1. The average Bonchev–Trinajstić information content (AvgIpc) is 2.23. The summed E-state index contributed by atoms with van der Waals surface area (Å²) in [6.45, 7) is 2.69. The molecule has 0 atom stereocenters. The first-order chi connectivity index (χ1) is 7.24. The van der Waals surface area contributed by atoms with Crippen LogP contribution in [0.4, 0.5) is 0 Å². The van der Waals surface area contributed by atoms with E-state index in [9.17, 15) is 0 Å². The zero-order valence-electron chi connectivity index (χ0n) is 8.92. The largest absolute Gasteiger partial charge is 0.492 e. The highest BCUT2D eigenvalue weighted by atomic mass is 35.5. The number of ether oxygens (including phenoxy) is 1. The molecule has 0 aromatic heterocycles. The van der Waals surface area contributed by atoms with Crippen molar-refractivity contribution in [2.24, 2.45) is 0 Å². The van der Waals surface area contributed by atoms with Crippen LogP contribution in [0.15, 0.2) is 18.2 Å². The molecule has 0 radical (unpaired) electrons. The molecule has 15 heavy (non-hydrogen) atoms. The highest BCUT2D eigenvalue weighted by molar-refractivity contribution is 6.32. The Kier molecular flexibility index (Phi) is 5.07. The molecular formula is C13H15ClO. The van der Waals surface area contributed by atoms with Crippen molar-refractivity contribution in [1.82, 2.24) is 0 Å². The minimum absolute atomic E-state index is 0.664. The second-order valence-electron chi connectivity index (χ2n) is 3.44. The van der Waals surface area contributed by atoms with Crippen molar-refractivity contribution in [3.63, 3.8) is 0 Å². The Morgan fingerprint density at radius 3 is 2.93 bits per heavy atom. The van der Waals surface area contributed by atoms with Gasteiger partial charge in [0.2, 0.25) is 0 Å². The monoisotopic (exact) mass is 222 g/mol. The van der Waals surface area contributed by atoms with Gasteiger partial charge in [0.05, 0.1) is 11.6 Å². The molecule has 0 unspecified atom stereocenters. The number of halogens is 1. The Morgan fingerprint density at radius 2 is 2.20 bits per heavy atom. The molecule has 1 aromatic carbocycles. The van der Waals surface area contributed by atoms with E-state index in [1.807, 2.05) is 25.1 Å². The Balaban J connectivity index is 2.37. The SMILES string of the molecule is C#CCCCCOc1cc(C)ccc1Cl. The van der Waals surface area contributed by atoms with Gasteiger partial charge < -0.3 is 4.74 Å². The van der Waals surface area contributed by atoms with E-state index in [4.69, 9.17) is 22.8 Å². The van der Waals surface area contributed by atoms with E-state index in [1.165, 1.54) is 0 Å². The highest BCUT2D eigenvalue weighted by Gasteiger charge is 2.00. The van der Waals surface area contributed by atoms with Crippen molar-refractivity contribution >= 4 is 11.6 Å². The molecular weight excluding hydrogens is 208 g/mol. The molecule has 80 valence electrons. The third-order valence-corrected chi connectivity index (χ3v) is 2.37. The molecule has 0 spiro atoms. The van der Waals surface area contributed by atoms with Gasteiger partial charge in [0, 0.05) is 6.42 Å². The smallest absolute Gasteiger partial charge is 0.138 e. The number of terminal acetylenes is 1. The lowest BCUT2D eigenvalue weighted by molar-refractivity contribution is 0.307. The maximum Gasteiger partial charge on any atom is 0.138 e. The molecule has 0 N–H and O–H groups in total. The summed E-state index contributed by atoms with van der Waals surface area (Å²) in [5.74, 6) is 3.37. The second-order valence-corrected chi connectivity index (χ2v) is 3.85. The first kappa shape index (κ1) is 11.9. The van der Waals surface area contributed by atoms with Crippen LogP contribution in [0.2, 0.25) is 5.02 Å². The number of unbranched alkanes of at least 4 members (excludes halogenated alkanes) is 2. The normalized spacial score (nSPS) is 9.67. The van der Waals surface area contributed by atoms with Gasteiger partial charge in [-0.2, -0.15) is 0 Å². The Bertz CT molecular complexity index is 352. The third kappa shape index (κ3) is 4.27. The van der Waals surface area contributed by atoms with E-state index in [-0.39, 0.29) is 0 Å². The molecule has 2 heteroatoms. The Hall–Kier alpha value is -1.13. The summed E-state index contributed by atoms with van der Waals surface area (Å²) in [7, 11) is 0. The summed E-state index contributed by atoms with van der Waals surface area (Å²) in [4.78, 5) is 0. The fourth-order valence-corrected chi connectivity index (χ4v) is 1.40. The Morgan fingerprint density at radius 1 is 1.40 bits per heavy atom. The van der Waals surface area contributed by atoms with Gasteiger partial charge in [-0.1, -0.05) is 17.7 Å². The molecule has 0 aliphatic rings. The predicted octanol–water partition coefficient (Wildman–Crippen LogP) is 3.83. The van der Waals surface area contributed by atoms with Crippen LogP contribution < -0.4 is 4.74 Å². The summed E-state index contributed by atoms with van der Waals surface area (Å²) >= 11 is 5.98. The number of benzene rings is 1. The molecule has 0 bridgehead atoms. The lowest BCUT2D eigenvalue weighted by Crippen LogP contribution is -1.97. The van der Waals surface area contributed by atoms with E-state index >= 15 is 0 Å². The zero-order valence-corrected chi connectivity index (χ0v) is 9.68. The van der Waals surface area contributed by atoms with Crippen molar-refractivity contribution in [3.8, 4) is 18.1 Å². The van der Waals surface area contributed by atoms with Crippen LogP contribution in [-0.4, -0.2) is 6.61 Å². The number of rotatable bonds is 5. The van der Waals surface area contributed by atoms with Gasteiger partial charge in [0.25, 0.3) is 0 Å². The Labute approximate surface area is 96.4 Å². The van der Waals surface area contributed by atoms with Gasteiger partial charge in [-0.15, -0.1) is 12.3 Å². The molecule has 0 fully saturated rings. The number of aryl methyl sites for hydroxylation is 1. The average molecular weight is 223 g/mol. The maximum atomic E-state index is 5.98. The third-order valence-electron chi connectivity index (χ3n) is 2.06. The van der Waals surface area contributed by atoms with Gasteiger partial charge in [0.15, 0.2) is 0 Å². The lowest BCUT2D eigenvalue weighted by Gasteiger charge is -2.08. The molecule has 1 aromatic rings. The van der Waals surface area contributed by atoms with E-state index in [1.54, 1.807) is 0 Å². The topological polar surface area (TPSA) is 9.23 Å². The molecule has 0 saturated carbocycles. The number of hydrogen-bond donors (Lipinski definition) is 0. The van der Waals surface area contributed by atoms with Crippen LogP contribution in [0.3, 0.4) is 0 Å². The van der Waals surface area contributed by atoms with Crippen molar-refractivity contribution in [2.45, 2.75) is 26.2 Å². The summed E-state index contributed by atoms with van der Waals surface area (Å²) in [6, 6.07) is 5.77. The lowest BCUT2D eigenvalue weighted by atomic mass is 10.2. The van der Waals surface area contributed by atoms with Gasteiger partial charge in [0.1, 0.15) is 5.75 Å². The van der Waals surface area contributed by atoms with Crippen LogP contribution in [-0.2, 0) is 0 Å². The first-order valence-electron chi connectivity index (χ1n) is 5.06. The first-order valence-corrected chi connectivity index (χ1v) is 5.44. The van der Waals surface area contributed by atoms with Crippen molar-refractivity contribution in [2.75, 3.05) is 6.61 Å². The van der Waals surface area contributed by atoms with Crippen LogP contribution >= 0.6 is 11.6 Å². The predicted molar refractivity (Wildman–Crippen MR) is 64.4 cm³/mol. The molecule has 1 nitrogen and oxygen atoms in total. The van der Waals surface area contributed by atoms with Gasteiger partial charge in [-0.3, -0.25) is 0 Å². The van der Waals surface area contributed by atoms with Crippen LogP contribution in [0, 0.1) is 19.3 Å². The summed E-state index contributed by atoms with van der Waals surface area (Å²) in [6.07, 6.45) is 7.93. The van der Waals surface area contributed by atoms with Gasteiger partial charge in [-0.05, 0) is 37.5 Å². The quantitative estimate of drug-likeness (QED) is 0.544. The maximum absolute atomic E-state index is 5.98. The molecule has 1 rings (SSSR count). The fraction of sp³-hybridized carbons (Fsp3) is 0.385. The molecule has 0 aliphatic carbocycles. The minimum atomic E-state index is 0.664. The molecule has 0 saturated heterocycles. The van der Waals surface area contributed by atoms with E-state index in [2.05, 4.69) is 5.92 Å². The van der Waals surface area contributed by atoms with Crippen molar-refractivity contribution in [1.29, 1.82) is 0 Å². The van der Waals surface area contributed by atoms with E-state index in [0.717, 1.165) is 30.6 Å². The minimum Gasteiger partial charge on any atom is -0.492 e. The van der Waals surface area contributed by atoms with Crippen molar-refractivity contribution < 1.29 is 4.74 Å². The molecule has 0 heterocycles. The van der Waals surface area contributed by atoms with E-state index < -0.39 is 0 Å². The summed E-state index contributed by atoms with van der Waals surface area (Å²) < 4.78 is 5.56. The number of hydrogen-bond acceptors (Lipinski definition) is 1.